The molecule has 0 aromatic heterocycles. The zero-order valence-corrected chi connectivity index (χ0v) is 18.2. The Hall–Kier alpha value is -2.01. The zero-order valence-electron chi connectivity index (χ0n) is 17.4. The van der Waals surface area contributed by atoms with Gasteiger partial charge >= 0.3 is 10.4 Å². The van der Waals surface area contributed by atoms with Crippen molar-refractivity contribution in [1.29, 1.82) is 0 Å². The van der Waals surface area contributed by atoms with E-state index >= 15 is 0 Å². The maximum Gasteiger partial charge on any atom is 0.394 e. The Balaban J connectivity index is 0.000000749. The number of benzene rings is 1. The van der Waals surface area contributed by atoms with Gasteiger partial charge in [0.2, 0.25) is 11.8 Å². The highest BCUT2D eigenvalue weighted by molar-refractivity contribution is 7.79. The normalized spacial score (nSPS) is 21.2. The van der Waals surface area contributed by atoms with Crippen LogP contribution in [-0.4, -0.2) is 62.0 Å². The van der Waals surface area contributed by atoms with E-state index in [2.05, 4.69) is 10.2 Å². The molecule has 0 radical (unpaired) electrons. The van der Waals surface area contributed by atoms with Gasteiger partial charge in [0, 0.05) is 6.42 Å². The summed E-state index contributed by atoms with van der Waals surface area (Å²) in [4.78, 5) is 27.1. The number of amides is 2. The van der Waals surface area contributed by atoms with Crippen LogP contribution in [0.4, 0.5) is 0 Å². The molecule has 0 spiro atoms. The molecule has 0 aliphatic carbocycles. The average Bonchev–Trinajstić information content (AvgIpc) is 2.55. The van der Waals surface area contributed by atoms with Crippen molar-refractivity contribution in [2.45, 2.75) is 38.5 Å². The highest BCUT2D eigenvalue weighted by Gasteiger charge is 2.55. The minimum absolute atomic E-state index is 0.198. The van der Waals surface area contributed by atoms with Gasteiger partial charge < -0.3 is 9.64 Å². The first-order valence-corrected chi connectivity index (χ1v) is 10.5. The first-order chi connectivity index (χ1) is 13.2. The van der Waals surface area contributed by atoms with Crippen molar-refractivity contribution in [3.05, 3.63) is 29.8 Å². The smallest absolute Gasteiger partial charge is 0.394 e. The zero-order chi connectivity index (χ0) is 22.5. The fourth-order valence-corrected chi connectivity index (χ4v) is 3.80. The van der Waals surface area contributed by atoms with Gasteiger partial charge in [0.1, 0.15) is 5.75 Å². The number of carbonyl (C=O) groups excluding carboxylic acids is 2. The summed E-state index contributed by atoms with van der Waals surface area (Å²) < 4.78 is 36.9. The lowest BCUT2D eigenvalue weighted by atomic mass is 9.56. The Labute approximate surface area is 172 Å². The molecule has 1 aliphatic rings. The molecule has 1 saturated heterocycles. The standard InChI is InChI=1S/C19H28N2O3.H2O4S/c1-18(2)13-16(22)20-17(23)19(18,10-7-11-21(3)4)14-8-6-9-15(12-14)24-5;1-5(2,3)4/h6,8-9,12H,7,10-11,13H2,1-5H3,(H,20,22,23);(H2,1,2,3,4). The molecule has 0 bridgehead atoms. The van der Waals surface area contributed by atoms with Gasteiger partial charge in [0.05, 0.1) is 12.5 Å². The van der Waals surface area contributed by atoms with Crippen LogP contribution in [-0.2, 0) is 25.4 Å². The minimum atomic E-state index is -4.67. The second-order valence-electron chi connectivity index (χ2n) is 7.93. The van der Waals surface area contributed by atoms with Crippen molar-refractivity contribution in [1.82, 2.24) is 10.2 Å². The number of hydrogen-bond acceptors (Lipinski definition) is 6. The molecule has 1 aromatic carbocycles. The molecular weight excluding hydrogens is 400 g/mol. The largest absolute Gasteiger partial charge is 0.497 e. The minimum Gasteiger partial charge on any atom is -0.497 e. The molecule has 1 fully saturated rings. The Morgan fingerprint density at radius 2 is 1.79 bits per heavy atom. The first-order valence-electron chi connectivity index (χ1n) is 9.06. The summed E-state index contributed by atoms with van der Waals surface area (Å²) in [6.45, 7) is 4.92. The number of rotatable bonds is 6. The molecule has 29 heavy (non-hydrogen) atoms. The Bertz CT molecular complexity index is 829. The monoisotopic (exact) mass is 430 g/mol. The summed E-state index contributed by atoms with van der Waals surface area (Å²) in [6, 6.07) is 7.67. The highest BCUT2D eigenvalue weighted by atomic mass is 32.3. The first kappa shape index (κ1) is 25.0. The van der Waals surface area contributed by atoms with Crippen molar-refractivity contribution in [2.75, 3.05) is 27.7 Å². The predicted molar refractivity (Wildman–Crippen MR) is 108 cm³/mol. The second kappa shape index (κ2) is 9.66. The molecule has 164 valence electrons. The van der Waals surface area contributed by atoms with E-state index in [0.717, 1.165) is 24.3 Å². The molecule has 1 atom stereocenters. The number of nitrogens with one attached hydrogen (secondary N) is 1. The fourth-order valence-electron chi connectivity index (χ4n) is 3.80. The number of nitrogens with zero attached hydrogens (tertiary/aromatic N) is 1. The van der Waals surface area contributed by atoms with E-state index in [4.69, 9.17) is 22.3 Å². The van der Waals surface area contributed by atoms with E-state index in [1.165, 1.54) is 0 Å². The molecule has 0 saturated carbocycles. The summed E-state index contributed by atoms with van der Waals surface area (Å²) in [6.07, 6.45) is 1.89. The van der Waals surface area contributed by atoms with Crippen LogP contribution in [0.15, 0.2) is 24.3 Å². The number of piperidine rings is 1. The van der Waals surface area contributed by atoms with Gasteiger partial charge in [-0.3, -0.25) is 24.0 Å². The van der Waals surface area contributed by atoms with Gasteiger partial charge in [-0.15, -0.1) is 0 Å². The van der Waals surface area contributed by atoms with E-state index < -0.39 is 21.2 Å². The maximum absolute atomic E-state index is 13.0. The van der Waals surface area contributed by atoms with E-state index in [9.17, 15) is 9.59 Å². The average molecular weight is 431 g/mol. The lowest BCUT2D eigenvalue weighted by Gasteiger charge is -2.48. The lowest BCUT2D eigenvalue weighted by Crippen LogP contribution is -2.61. The lowest BCUT2D eigenvalue weighted by molar-refractivity contribution is -0.145. The third-order valence-corrected chi connectivity index (χ3v) is 5.12. The van der Waals surface area contributed by atoms with E-state index in [-0.39, 0.29) is 11.8 Å². The van der Waals surface area contributed by atoms with Crippen molar-refractivity contribution in [2.24, 2.45) is 5.41 Å². The van der Waals surface area contributed by atoms with Crippen LogP contribution < -0.4 is 10.1 Å². The molecular formula is C19H30N2O7S. The van der Waals surface area contributed by atoms with Crippen LogP contribution in [0.2, 0.25) is 0 Å². The Morgan fingerprint density at radius 1 is 1.21 bits per heavy atom. The van der Waals surface area contributed by atoms with Gasteiger partial charge in [-0.1, -0.05) is 26.0 Å². The van der Waals surface area contributed by atoms with Crippen molar-refractivity contribution in [3.8, 4) is 5.75 Å². The van der Waals surface area contributed by atoms with E-state index in [1.807, 2.05) is 52.2 Å². The number of ether oxygens (including phenoxy) is 1. The van der Waals surface area contributed by atoms with Crippen molar-refractivity contribution < 1.29 is 31.8 Å². The quantitative estimate of drug-likeness (QED) is 0.459. The third-order valence-electron chi connectivity index (χ3n) is 5.12. The summed E-state index contributed by atoms with van der Waals surface area (Å²) >= 11 is 0. The second-order valence-corrected chi connectivity index (χ2v) is 8.83. The molecule has 1 aromatic rings. The fraction of sp³-hybridized carbons (Fsp3) is 0.579. The van der Waals surface area contributed by atoms with Gasteiger partial charge in [-0.05, 0) is 56.6 Å². The molecule has 9 nitrogen and oxygen atoms in total. The number of carbonyl (C=O) groups is 2. The Morgan fingerprint density at radius 3 is 2.28 bits per heavy atom. The topological polar surface area (TPSA) is 133 Å². The predicted octanol–water partition coefficient (Wildman–Crippen LogP) is 1.69. The molecule has 1 unspecified atom stereocenters. The van der Waals surface area contributed by atoms with Gasteiger partial charge in [0.25, 0.3) is 0 Å². The third kappa shape index (κ3) is 6.77. The van der Waals surface area contributed by atoms with Gasteiger partial charge in [-0.2, -0.15) is 8.42 Å². The van der Waals surface area contributed by atoms with Crippen molar-refractivity contribution in [3.63, 3.8) is 0 Å². The van der Waals surface area contributed by atoms with Crippen LogP contribution in [0.3, 0.4) is 0 Å². The van der Waals surface area contributed by atoms with Crippen LogP contribution in [0, 0.1) is 5.41 Å². The molecule has 3 N–H and O–H groups in total. The summed E-state index contributed by atoms with van der Waals surface area (Å²) in [7, 11) is 0.995. The maximum atomic E-state index is 13.0. The number of hydrogen-bond donors (Lipinski definition) is 3. The SMILES string of the molecule is COc1cccc(C2(CCCN(C)C)C(=O)NC(=O)CC2(C)C)c1.O=S(=O)(O)O. The van der Waals surface area contributed by atoms with Crippen LogP contribution >= 0.6 is 0 Å². The molecule has 1 aliphatic heterocycles. The van der Waals surface area contributed by atoms with Gasteiger partial charge in [0.15, 0.2) is 0 Å². The summed E-state index contributed by atoms with van der Waals surface area (Å²) in [5, 5.41) is 2.57. The molecule has 10 heteroatoms. The Kier molecular flexibility index (Phi) is 8.34. The van der Waals surface area contributed by atoms with Crippen LogP contribution in [0.1, 0.15) is 38.7 Å². The van der Waals surface area contributed by atoms with Gasteiger partial charge in [-0.25, -0.2) is 0 Å². The summed E-state index contributed by atoms with van der Waals surface area (Å²) in [5.74, 6) is 0.326. The van der Waals surface area contributed by atoms with Crippen LogP contribution in [0.25, 0.3) is 0 Å². The highest BCUT2D eigenvalue weighted by Crippen LogP contribution is 2.50. The van der Waals surface area contributed by atoms with Crippen molar-refractivity contribution >= 4 is 22.2 Å². The molecule has 2 rings (SSSR count). The molecule has 1 heterocycles. The van der Waals surface area contributed by atoms with E-state index in [1.54, 1.807) is 7.11 Å². The number of imide groups is 1. The van der Waals surface area contributed by atoms with Crippen LogP contribution in [0.5, 0.6) is 5.75 Å². The van der Waals surface area contributed by atoms with E-state index in [0.29, 0.717) is 12.8 Å². The molecule has 2 amide bonds. The summed E-state index contributed by atoms with van der Waals surface area (Å²) in [5.41, 5.74) is -0.299. The number of methoxy groups -OCH3 is 1.